The van der Waals surface area contributed by atoms with Crippen LogP contribution in [0.1, 0.15) is 12.8 Å². The van der Waals surface area contributed by atoms with Crippen molar-refractivity contribution >= 4 is 0 Å². The lowest BCUT2D eigenvalue weighted by Crippen LogP contribution is -2.32. The van der Waals surface area contributed by atoms with Gasteiger partial charge in [0.15, 0.2) is 0 Å². The zero-order chi connectivity index (χ0) is 9.78. The highest BCUT2D eigenvalue weighted by molar-refractivity contribution is 4.68. The van der Waals surface area contributed by atoms with Crippen molar-refractivity contribution in [2.45, 2.75) is 31.2 Å². The normalized spacial score (nSPS) is 17.5. The predicted molar refractivity (Wildman–Crippen MR) is 36.4 cm³/mol. The minimum absolute atomic E-state index is 0.0445. The molecule has 0 aromatic rings. The highest BCUT2D eigenvalue weighted by Gasteiger charge is 2.37. The minimum atomic E-state index is -4.59. The van der Waals surface area contributed by atoms with E-state index in [9.17, 15) is 13.2 Å². The van der Waals surface area contributed by atoms with Gasteiger partial charge in [-0.05, 0) is 12.8 Å². The zero-order valence-electron chi connectivity index (χ0n) is 6.38. The summed E-state index contributed by atoms with van der Waals surface area (Å²) in [5, 5.41) is 16.8. The Labute approximate surface area is 68.0 Å². The molecule has 0 fully saturated rings. The maximum Gasteiger partial charge on any atom is 0.414 e. The molecule has 0 aliphatic carbocycles. The molecule has 0 amide bonds. The molecular weight excluding hydrogens is 175 g/mol. The summed E-state index contributed by atoms with van der Waals surface area (Å²) in [6, 6.07) is -0.693. The summed E-state index contributed by atoms with van der Waals surface area (Å²) < 4.78 is 35.0. The molecule has 0 heterocycles. The smallest absolute Gasteiger partial charge is 0.395 e. The van der Waals surface area contributed by atoms with E-state index < -0.39 is 24.7 Å². The van der Waals surface area contributed by atoms with Crippen LogP contribution in [0.4, 0.5) is 13.2 Å². The van der Waals surface area contributed by atoms with Crippen LogP contribution in [0.5, 0.6) is 0 Å². The molecule has 4 N–H and O–H groups in total. The molecule has 0 spiro atoms. The number of nitrogens with two attached hydrogens (primary N) is 1. The fraction of sp³-hybridized carbons (Fsp3) is 1.00. The summed E-state index contributed by atoms with van der Waals surface area (Å²) in [5.41, 5.74) is 5.14. The first kappa shape index (κ1) is 11.7. The molecule has 12 heavy (non-hydrogen) atoms. The van der Waals surface area contributed by atoms with Crippen LogP contribution in [0.3, 0.4) is 0 Å². The van der Waals surface area contributed by atoms with Crippen LogP contribution in [0.25, 0.3) is 0 Å². The first-order valence-corrected chi connectivity index (χ1v) is 3.49. The van der Waals surface area contributed by atoms with Crippen LogP contribution in [0.15, 0.2) is 0 Å². The Bertz CT molecular complexity index is 128. The monoisotopic (exact) mass is 187 g/mol. The maximum absolute atomic E-state index is 11.7. The Kier molecular flexibility index (Phi) is 4.51. The van der Waals surface area contributed by atoms with Gasteiger partial charge in [0.1, 0.15) is 6.10 Å². The number of hydrogen-bond donors (Lipinski definition) is 3. The maximum atomic E-state index is 11.7. The van der Waals surface area contributed by atoms with Gasteiger partial charge in [-0.2, -0.15) is 13.2 Å². The molecule has 0 bridgehead atoms. The fourth-order valence-corrected chi connectivity index (χ4v) is 0.627. The number of rotatable bonds is 4. The number of hydrogen-bond acceptors (Lipinski definition) is 3. The van der Waals surface area contributed by atoms with E-state index in [-0.39, 0.29) is 13.0 Å². The molecule has 0 radical (unpaired) electrons. The van der Waals surface area contributed by atoms with Gasteiger partial charge >= 0.3 is 6.18 Å². The molecule has 6 heteroatoms. The summed E-state index contributed by atoms with van der Waals surface area (Å²) in [6.45, 7) is -0.370. The molecule has 0 saturated carbocycles. The predicted octanol–water partition coefficient (Wildman–Crippen LogP) is 0.00940. The van der Waals surface area contributed by atoms with E-state index in [2.05, 4.69) is 0 Å². The van der Waals surface area contributed by atoms with E-state index in [1.807, 2.05) is 0 Å². The molecule has 0 saturated heterocycles. The van der Waals surface area contributed by atoms with Gasteiger partial charge in [0.2, 0.25) is 0 Å². The van der Waals surface area contributed by atoms with Crippen LogP contribution >= 0.6 is 0 Å². The summed E-state index contributed by atoms with van der Waals surface area (Å²) in [6.07, 6.45) is -7.44. The van der Waals surface area contributed by atoms with Crippen molar-refractivity contribution in [1.29, 1.82) is 0 Å². The van der Waals surface area contributed by atoms with Gasteiger partial charge in [-0.25, -0.2) is 0 Å². The molecule has 0 aliphatic rings. The number of halogens is 3. The lowest BCUT2D eigenvalue weighted by molar-refractivity contribution is -0.205. The third kappa shape index (κ3) is 4.53. The minimum Gasteiger partial charge on any atom is -0.395 e. The Morgan fingerprint density at radius 2 is 1.75 bits per heavy atom. The SMILES string of the molecule is NC(CO)CCC(O)C(F)(F)F. The van der Waals surface area contributed by atoms with Crippen molar-refractivity contribution in [1.82, 2.24) is 0 Å². The Balaban J connectivity index is 3.64. The standard InChI is InChI=1S/C6H12F3NO2/c7-6(8,9)5(12)2-1-4(10)3-11/h4-5,11-12H,1-3,10H2. The first-order valence-electron chi connectivity index (χ1n) is 3.49. The van der Waals surface area contributed by atoms with Crippen molar-refractivity contribution in [2.24, 2.45) is 5.73 Å². The topological polar surface area (TPSA) is 66.5 Å². The molecule has 3 nitrogen and oxygen atoms in total. The highest BCUT2D eigenvalue weighted by Crippen LogP contribution is 2.23. The van der Waals surface area contributed by atoms with Gasteiger partial charge in [0, 0.05) is 6.04 Å². The van der Waals surface area contributed by atoms with E-state index >= 15 is 0 Å². The highest BCUT2D eigenvalue weighted by atomic mass is 19.4. The summed E-state index contributed by atoms with van der Waals surface area (Å²) >= 11 is 0. The third-order valence-electron chi connectivity index (χ3n) is 1.42. The van der Waals surface area contributed by atoms with Gasteiger partial charge in [0.25, 0.3) is 0 Å². The van der Waals surface area contributed by atoms with E-state index in [1.165, 1.54) is 0 Å². The second-order valence-electron chi connectivity index (χ2n) is 2.58. The Hall–Kier alpha value is -0.330. The summed E-state index contributed by atoms with van der Waals surface area (Å²) in [7, 11) is 0. The largest absolute Gasteiger partial charge is 0.414 e. The van der Waals surface area contributed by atoms with E-state index in [1.54, 1.807) is 0 Å². The van der Waals surface area contributed by atoms with Gasteiger partial charge < -0.3 is 15.9 Å². The van der Waals surface area contributed by atoms with Crippen LogP contribution < -0.4 is 5.73 Å². The number of aliphatic hydroxyl groups is 2. The lowest BCUT2D eigenvalue weighted by Gasteiger charge is -2.15. The van der Waals surface area contributed by atoms with E-state index in [0.717, 1.165) is 0 Å². The number of aliphatic hydroxyl groups excluding tert-OH is 2. The van der Waals surface area contributed by atoms with Crippen molar-refractivity contribution in [3.8, 4) is 0 Å². The van der Waals surface area contributed by atoms with Crippen LogP contribution in [-0.2, 0) is 0 Å². The van der Waals surface area contributed by atoms with Gasteiger partial charge in [-0.1, -0.05) is 0 Å². The zero-order valence-corrected chi connectivity index (χ0v) is 6.38. The van der Waals surface area contributed by atoms with E-state index in [4.69, 9.17) is 15.9 Å². The van der Waals surface area contributed by atoms with Gasteiger partial charge in [-0.3, -0.25) is 0 Å². The van der Waals surface area contributed by atoms with Gasteiger partial charge in [0.05, 0.1) is 6.61 Å². The molecule has 0 aliphatic heterocycles. The Morgan fingerprint density at radius 3 is 2.08 bits per heavy atom. The average molecular weight is 187 g/mol. The second-order valence-corrected chi connectivity index (χ2v) is 2.58. The van der Waals surface area contributed by atoms with Crippen LogP contribution in [-0.4, -0.2) is 35.1 Å². The molecule has 0 aromatic carbocycles. The second kappa shape index (κ2) is 4.64. The van der Waals surface area contributed by atoms with Crippen molar-refractivity contribution < 1.29 is 23.4 Å². The quantitative estimate of drug-likeness (QED) is 0.580. The lowest BCUT2D eigenvalue weighted by atomic mass is 10.1. The average Bonchev–Trinajstić information content (AvgIpc) is 1.97. The van der Waals surface area contributed by atoms with Crippen molar-refractivity contribution in [3.05, 3.63) is 0 Å². The van der Waals surface area contributed by atoms with Crippen LogP contribution in [0.2, 0.25) is 0 Å². The molecule has 2 unspecified atom stereocenters. The van der Waals surface area contributed by atoms with Crippen molar-refractivity contribution in [3.63, 3.8) is 0 Å². The first-order chi connectivity index (χ1) is 5.38. The van der Waals surface area contributed by atoms with Crippen LogP contribution in [0, 0.1) is 0 Å². The van der Waals surface area contributed by atoms with Crippen molar-refractivity contribution in [2.75, 3.05) is 6.61 Å². The molecular formula is C6H12F3NO2. The summed E-state index contributed by atoms with van der Waals surface area (Å²) in [5.74, 6) is 0. The molecule has 0 aromatic heterocycles. The van der Waals surface area contributed by atoms with E-state index in [0.29, 0.717) is 0 Å². The molecule has 2 atom stereocenters. The molecule has 74 valence electrons. The summed E-state index contributed by atoms with van der Waals surface area (Å²) in [4.78, 5) is 0. The Morgan fingerprint density at radius 1 is 1.25 bits per heavy atom. The third-order valence-corrected chi connectivity index (χ3v) is 1.42. The van der Waals surface area contributed by atoms with Gasteiger partial charge in [-0.15, -0.1) is 0 Å². The fourth-order valence-electron chi connectivity index (χ4n) is 0.627. The molecule has 0 rings (SSSR count). The number of alkyl halides is 3.